The van der Waals surface area contributed by atoms with Crippen molar-refractivity contribution in [2.24, 2.45) is 11.3 Å². The zero-order valence-corrected chi connectivity index (χ0v) is 8.65. The second kappa shape index (κ2) is 4.30. The first-order valence-electron chi connectivity index (χ1n) is 4.41. The van der Waals surface area contributed by atoms with Gasteiger partial charge in [-0.25, -0.2) is 0 Å². The second-order valence-electron chi connectivity index (χ2n) is 4.72. The van der Waals surface area contributed by atoms with Gasteiger partial charge in [-0.15, -0.1) is 0 Å². The van der Waals surface area contributed by atoms with Gasteiger partial charge in [0.05, 0.1) is 6.07 Å². The maximum Gasteiger partial charge on any atom is 0.0656 e. The number of allylic oxidation sites excluding steroid dienone is 1. The Labute approximate surface area is 76.1 Å². The molecule has 0 aliphatic rings. The smallest absolute Gasteiger partial charge is 0.0656 e. The molecule has 0 rings (SSSR count). The fraction of sp³-hybridized carbons (Fsp3) is 0.727. The van der Waals surface area contributed by atoms with Crippen molar-refractivity contribution < 1.29 is 0 Å². The summed E-state index contributed by atoms with van der Waals surface area (Å²) in [5.74, 6) is 0.111. The zero-order valence-electron chi connectivity index (χ0n) is 8.65. The van der Waals surface area contributed by atoms with Gasteiger partial charge in [0.25, 0.3) is 0 Å². The molecule has 1 heteroatoms. The average Bonchev–Trinajstić information content (AvgIpc) is 1.82. The van der Waals surface area contributed by atoms with E-state index < -0.39 is 0 Å². The van der Waals surface area contributed by atoms with Crippen LogP contribution in [0.25, 0.3) is 0 Å². The molecule has 0 spiro atoms. The lowest BCUT2D eigenvalue weighted by Gasteiger charge is -2.20. The van der Waals surface area contributed by atoms with Crippen molar-refractivity contribution in [1.29, 1.82) is 5.26 Å². The summed E-state index contributed by atoms with van der Waals surface area (Å²) in [5.41, 5.74) is 1.49. The average molecular weight is 165 g/mol. The van der Waals surface area contributed by atoms with E-state index in [4.69, 9.17) is 5.26 Å². The summed E-state index contributed by atoms with van der Waals surface area (Å²) in [6.45, 7) is 12.5. The van der Waals surface area contributed by atoms with Gasteiger partial charge in [0, 0.05) is 5.92 Å². The van der Waals surface area contributed by atoms with Crippen molar-refractivity contribution in [3.8, 4) is 6.07 Å². The summed E-state index contributed by atoms with van der Waals surface area (Å²) in [4.78, 5) is 0. The first kappa shape index (κ1) is 11.2. The molecule has 0 N–H and O–H groups in total. The van der Waals surface area contributed by atoms with Crippen LogP contribution in [0.2, 0.25) is 0 Å². The Balaban J connectivity index is 3.85. The highest BCUT2D eigenvalue weighted by Crippen LogP contribution is 2.26. The lowest BCUT2D eigenvalue weighted by molar-refractivity contribution is 0.401. The van der Waals surface area contributed by atoms with Crippen LogP contribution in [-0.2, 0) is 0 Å². The number of nitrogens with zero attached hydrogens (tertiary/aromatic N) is 1. The summed E-state index contributed by atoms with van der Waals surface area (Å²) >= 11 is 0. The molecule has 1 atom stereocenters. The lowest BCUT2D eigenvalue weighted by atomic mass is 9.86. The predicted octanol–water partition coefficient (Wildman–Crippen LogP) is 3.53. The molecule has 0 fully saturated rings. The topological polar surface area (TPSA) is 23.8 Å². The molecule has 0 aromatic rings. The van der Waals surface area contributed by atoms with Crippen LogP contribution < -0.4 is 0 Å². The SMILES string of the molecule is C=C(CC(C)C#N)CC(C)(C)C. The molecule has 0 heterocycles. The monoisotopic (exact) mass is 165 g/mol. The first-order valence-corrected chi connectivity index (χ1v) is 4.41. The van der Waals surface area contributed by atoms with Gasteiger partial charge >= 0.3 is 0 Å². The quantitative estimate of drug-likeness (QED) is 0.587. The number of hydrogen-bond acceptors (Lipinski definition) is 1. The molecule has 12 heavy (non-hydrogen) atoms. The molecule has 0 bridgehead atoms. The van der Waals surface area contributed by atoms with E-state index in [9.17, 15) is 0 Å². The summed E-state index contributed by atoms with van der Waals surface area (Å²) in [7, 11) is 0. The van der Waals surface area contributed by atoms with Crippen molar-refractivity contribution in [3.63, 3.8) is 0 Å². The molecular formula is C11H19N. The van der Waals surface area contributed by atoms with Crippen LogP contribution in [-0.4, -0.2) is 0 Å². The Kier molecular flexibility index (Phi) is 4.03. The third kappa shape index (κ3) is 5.97. The molecule has 0 aromatic carbocycles. The number of rotatable bonds is 3. The van der Waals surface area contributed by atoms with E-state index in [-0.39, 0.29) is 5.92 Å². The van der Waals surface area contributed by atoms with Crippen molar-refractivity contribution in [3.05, 3.63) is 12.2 Å². The van der Waals surface area contributed by atoms with E-state index in [0.717, 1.165) is 12.8 Å². The van der Waals surface area contributed by atoms with Crippen LogP contribution in [0.1, 0.15) is 40.5 Å². The number of hydrogen-bond donors (Lipinski definition) is 0. The van der Waals surface area contributed by atoms with E-state index >= 15 is 0 Å². The first-order chi connectivity index (χ1) is 5.35. The van der Waals surface area contributed by atoms with Crippen molar-refractivity contribution in [2.75, 3.05) is 0 Å². The van der Waals surface area contributed by atoms with Gasteiger partial charge in [-0.1, -0.05) is 32.9 Å². The van der Waals surface area contributed by atoms with E-state index in [0.29, 0.717) is 5.41 Å². The van der Waals surface area contributed by atoms with Crippen LogP contribution in [0.5, 0.6) is 0 Å². The molecule has 1 nitrogen and oxygen atoms in total. The zero-order chi connectivity index (χ0) is 9.78. The third-order valence-electron chi connectivity index (χ3n) is 1.60. The minimum absolute atomic E-state index is 0.111. The van der Waals surface area contributed by atoms with Crippen LogP contribution in [0.4, 0.5) is 0 Å². The largest absolute Gasteiger partial charge is 0.198 e. The lowest BCUT2D eigenvalue weighted by Crippen LogP contribution is -2.07. The van der Waals surface area contributed by atoms with Gasteiger partial charge in [-0.3, -0.25) is 0 Å². The van der Waals surface area contributed by atoms with Gasteiger partial charge in [-0.05, 0) is 25.2 Å². The maximum absolute atomic E-state index is 8.59. The van der Waals surface area contributed by atoms with Gasteiger partial charge in [0.15, 0.2) is 0 Å². The van der Waals surface area contributed by atoms with Crippen LogP contribution >= 0.6 is 0 Å². The second-order valence-corrected chi connectivity index (χ2v) is 4.72. The molecule has 0 saturated carbocycles. The van der Waals surface area contributed by atoms with Gasteiger partial charge in [-0.2, -0.15) is 5.26 Å². The number of nitriles is 1. The van der Waals surface area contributed by atoms with E-state index in [1.807, 2.05) is 6.92 Å². The minimum atomic E-state index is 0.111. The molecule has 0 aliphatic carbocycles. The Bertz CT molecular complexity index is 190. The van der Waals surface area contributed by atoms with E-state index in [2.05, 4.69) is 33.4 Å². The summed E-state index contributed by atoms with van der Waals surface area (Å²) in [5, 5.41) is 8.59. The molecule has 0 aromatic heterocycles. The van der Waals surface area contributed by atoms with Gasteiger partial charge < -0.3 is 0 Å². The Hall–Kier alpha value is -0.770. The fourth-order valence-corrected chi connectivity index (χ4v) is 1.30. The fourth-order valence-electron chi connectivity index (χ4n) is 1.30. The molecule has 1 unspecified atom stereocenters. The third-order valence-corrected chi connectivity index (χ3v) is 1.60. The van der Waals surface area contributed by atoms with Crippen LogP contribution in [0, 0.1) is 22.7 Å². The molecular weight excluding hydrogens is 146 g/mol. The molecule has 0 radical (unpaired) electrons. The molecule has 0 aliphatic heterocycles. The predicted molar refractivity (Wildman–Crippen MR) is 52.6 cm³/mol. The van der Waals surface area contributed by atoms with Crippen molar-refractivity contribution in [1.82, 2.24) is 0 Å². The Morgan fingerprint density at radius 1 is 1.50 bits per heavy atom. The highest BCUT2D eigenvalue weighted by molar-refractivity contribution is 5.01. The van der Waals surface area contributed by atoms with Crippen LogP contribution in [0.3, 0.4) is 0 Å². The van der Waals surface area contributed by atoms with Crippen LogP contribution in [0.15, 0.2) is 12.2 Å². The van der Waals surface area contributed by atoms with E-state index in [1.54, 1.807) is 0 Å². The Morgan fingerprint density at radius 3 is 2.33 bits per heavy atom. The maximum atomic E-state index is 8.59. The highest BCUT2D eigenvalue weighted by Gasteiger charge is 2.13. The highest BCUT2D eigenvalue weighted by atomic mass is 14.3. The molecule has 68 valence electrons. The molecule has 0 saturated heterocycles. The normalized spacial score (nSPS) is 13.6. The van der Waals surface area contributed by atoms with Gasteiger partial charge in [0.1, 0.15) is 0 Å². The van der Waals surface area contributed by atoms with Crippen molar-refractivity contribution in [2.45, 2.75) is 40.5 Å². The van der Waals surface area contributed by atoms with Crippen molar-refractivity contribution >= 4 is 0 Å². The van der Waals surface area contributed by atoms with E-state index in [1.165, 1.54) is 5.57 Å². The summed E-state index contributed by atoms with van der Waals surface area (Å²) in [6.07, 6.45) is 1.85. The standard InChI is InChI=1S/C11H19N/c1-9(6-10(2)8-12)7-11(3,4)5/h10H,1,6-7H2,2-5H3. The molecule has 0 amide bonds. The summed E-state index contributed by atoms with van der Waals surface area (Å²) < 4.78 is 0. The minimum Gasteiger partial charge on any atom is -0.198 e. The summed E-state index contributed by atoms with van der Waals surface area (Å²) in [6, 6.07) is 2.22. The Morgan fingerprint density at radius 2 is 2.00 bits per heavy atom. The van der Waals surface area contributed by atoms with Gasteiger partial charge in [0.2, 0.25) is 0 Å².